The van der Waals surface area contributed by atoms with Crippen molar-refractivity contribution < 1.29 is 4.74 Å². The topological polar surface area (TPSA) is 56.0 Å². The highest BCUT2D eigenvalue weighted by atomic mass is 16.5. The molecule has 0 saturated heterocycles. The van der Waals surface area contributed by atoms with Crippen LogP contribution in [-0.2, 0) is 0 Å². The second-order valence-corrected chi connectivity index (χ2v) is 4.72. The molecule has 0 aliphatic heterocycles. The van der Waals surface area contributed by atoms with Crippen molar-refractivity contribution in [3.05, 3.63) is 53.1 Å². The second kappa shape index (κ2) is 5.36. The van der Waals surface area contributed by atoms with Gasteiger partial charge in [-0.25, -0.2) is 4.98 Å². The molecule has 5 heteroatoms. The first-order chi connectivity index (χ1) is 10.2. The Kier molecular flexibility index (Phi) is 3.39. The lowest BCUT2D eigenvalue weighted by atomic mass is 10.1. The highest BCUT2D eigenvalue weighted by Crippen LogP contribution is 2.32. The van der Waals surface area contributed by atoms with Crippen LogP contribution in [0, 0.1) is 11.8 Å². The quantitative estimate of drug-likeness (QED) is 0.676. The van der Waals surface area contributed by atoms with Crippen LogP contribution in [0.5, 0.6) is 5.75 Å². The minimum atomic E-state index is 0.317. The van der Waals surface area contributed by atoms with Crippen LogP contribution >= 0.6 is 0 Å². The predicted octanol–water partition coefficient (Wildman–Crippen LogP) is 4.11. The Balaban J connectivity index is 2.15. The zero-order chi connectivity index (χ0) is 14.8. The molecule has 0 fully saturated rings. The van der Waals surface area contributed by atoms with E-state index in [2.05, 4.69) is 10.2 Å². The third-order valence-corrected chi connectivity index (χ3v) is 3.35. The number of imidazole rings is 1. The number of fused-ring (bicyclic) bond motifs is 1. The lowest BCUT2D eigenvalue weighted by molar-refractivity contribution is 0.340. The van der Waals surface area contributed by atoms with Gasteiger partial charge in [-0.3, -0.25) is 4.40 Å². The average molecular weight is 281 g/mol. The van der Waals surface area contributed by atoms with Gasteiger partial charge < -0.3 is 4.74 Å². The van der Waals surface area contributed by atoms with E-state index < -0.39 is 0 Å². The fourth-order valence-corrected chi connectivity index (χ4v) is 2.35. The lowest BCUT2D eigenvalue weighted by Crippen LogP contribution is -1.90. The van der Waals surface area contributed by atoms with Crippen molar-refractivity contribution in [2.24, 2.45) is 5.18 Å². The standard InChI is InChI=1S/C16H15N3O2/c1-3-21-13-8-6-12(7-9-13)14-16(18-20)19-10-4-5-11(2)15(19)17-14/h4-10H,3H2,1-2H3. The Morgan fingerprint density at radius 2 is 2.00 bits per heavy atom. The molecule has 0 bridgehead atoms. The average Bonchev–Trinajstić information content (AvgIpc) is 2.88. The van der Waals surface area contributed by atoms with Crippen LogP contribution in [0.25, 0.3) is 16.9 Å². The number of ether oxygens (including phenoxy) is 1. The van der Waals surface area contributed by atoms with Gasteiger partial charge in [0.2, 0.25) is 5.82 Å². The summed E-state index contributed by atoms with van der Waals surface area (Å²) >= 11 is 0. The molecular weight excluding hydrogens is 266 g/mol. The maximum atomic E-state index is 11.2. The monoisotopic (exact) mass is 281 g/mol. The summed E-state index contributed by atoms with van der Waals surface area (Å²) in [5.74, 6) is 1.11. The Hall–Kier alpha value is -2.69. The van der Waals surface area contributed by atoms with Gasteiger partial charge in [0.15, 0.2) is 0 Å². The third kappa shape index (κ3) is 2.27. The van der Waals surface area contributed by atoms with Gasteiger partial charge >= 0.3 is 0 Å². The number of hydrogen-bond acceptors (Lipinski definition) is 4. The maximum absolute atomic E-state index is 11.2. The number of aryl methyl sites for hydroxylation is 1. The molecule has 2 heterocycles. The van der Waals surface area contributed by atoms with E-state index in [0.29, 0.717) is 18.1 Å². The molecule has 0 saturated carbocycles. The number of benzene rings is 1. The zero-order valence-corrected chi connectivity index (χ0v) is 11.9. The second-order valence-electron chi connectivity index (χ2n) is 4.72. The Bertz CT molecular complexity index is 791. The molecule has 0 radical (unpaired) electrons. The van der Waals surface area contributed by atoms with Gasteiger partial charge in [0.1, 0.15) is 17.1 Å². The molecule has 1 aromatic carbocycles. The van der Waals surface area contributed by atoms with Crippen molar-refractivity contribution in [2.75, 3.05) is 6.61 Å². The van der Waals surface area contributed by atoms with Gasteiger partial charge in [0.25, 0.3) is 0 Å². The van der Waals surface area contributed by atoms with Crippen LogP contribution in [0.2, 0.25) is 0 Å². The van der Waals surface area contributed by atoms with Crippen LogP contribution in [-0.4, -0.2) is 16.0 Å². The SMILES string of the molecule is CCOc1ccc(-c2nc3c(C)cccn3c2N=O)cc1. The zero-order valence-electron chi connectivity index (χ0n) is 11.9. The van der Waals surface area contributed by atoms with Crippen molar-refractivity contribution in [1.29, 1.82) is 0 Å². The molecule has 21 heavy (non-hydrogen) atoms. The molecule has 0 atom stereocenters. The minimum absolute atomic E-state index is 0.317. The summed E-state index contributed by atoms with van der Waals surface area (Å²) in [4.78, 5) is 15.8. The Morgan fingerprint density at radius 1 is 1.24 bits per heavy atom. The van der Waals surface area contributed by atoms with E-state index in [1.54, 1.807) is 10.6 Å². The maximum Gasteiger partial charge on any atom is 0.209 e. The predicted molar refractivity (Wildman–Crippen MR) is 82.0 cm³/mol. The summed E-state index contributed by atoms with van der Waals surface area (Å²) in [5, 5.41) is 3.15. The van der Waals surface area contributed by atoms with E-state index in [1.165, 1.54) is 0 Å². The summed E-state index contributed by atoms with van der Waals surface area (Å²) in [6, 6.07) is 11.3. The molecule has 3 rings (SSSR count). The molecule has 0 aliphatic rings. The normalized spacial score (nSPS) is 10.8. The van der Waals surface area contributed by atoms with Gasteiger partial charge in [-0.15, -0.1) is 4.91 Å². The number of nitrogens with zero attached hydrogens (tertiary/aromatic N) is 3. The number of hydrogen-bond donors (Lipinski definition) is 0. The van der Waals surface area contributed by atoms with Crippen LogP contribution in [0.15, 0.2) is 47.8 Å². The van der Waals surface area contributed by atoms with Gasteiger partial charge in [-0.05, 0) is 54.9 Å². The number of rotatable bonds is 4. The van der Waals surface area contributed by atoms with Crippen LogP contribution in [0.4, 0.5) is 5.82 Å². The smallest absolute Gasteiger partial charge is 0.209 e. The first-order valence-corrected chi connectivity index (χ1v) is 6.79. The summed E-state index contributed by atoms with van der Waals surface area (Å²) in [6.07, 6.45) is 1.80. The van der Waals surface area contributed by atoms with E-state index in [9.17, 15) is 4.91 Å². The summed E-state index contributed by atoms with van der Waals surface area (Å²) in [5.41, 5.74) is 3.18. The van der Waals surface area contributed by atoms with E-state index in [4.69, 9.17) is 4.74 Å². The van der Waals surface area contributed by atoms with Crippen LogP contribution in [0.3, 0.4) is 0 Å². The molecule has 2 aromatic heterocycles. The van der Waals surface area contributed by atoms with Gasteiger partial charge in [0.05, 0.1) is 6.61 Å². The Morgan fingerprint density at radius 3 is 2.67 bits per heavy atom. The molecular formula is C16H15N3O2. The number of aromatic nitrogens is 2. The van der Waals surface area contributed by atoms with Gasteiger partial charge in [0, 0.05) is 11.8 Å². The van der Waals surface area contributed by atoms with Crippen molar-refractivity contribution >= 4 is 11.5 Å². The van der Waals surface area contributed by atoms with E-state index >= 15 is 0 Å². The molecule has 0 N–H and O–H groups in total. The van der Waals surface area contributed by atoms with E-state index in [0.717, 1.165) is 22.5 Å². The molecule has 5 nitrogen and oxygen atoms in total. The van der Waals surface area contributed by atoms with Crippen LogP contribution < -0.4 is 4.74 Å². The number of nitroso groups, excluding NO2 is 1. The molecule has 106 valence electrons. The first-order valence-electron chi connectivity index (χ1n) is 6.79. The van der Waals surface area contributed by atoms with E-state index in [-0.39, 0.29) is 0 Å². The van der Waals surface area contributed by atoms with Crippen molar-refractivity contribution in [3.8, 4) is 17.0 Å². The largest absolute Gasteiger partial charge is 0.494 e. The van der Waals surface area contributed by atoms with Crippen molar-refractivity contribution in [3.63, 3.8) is 0 Å². The molecule has 0 aliphatic carbocycles. The van der Waals surface area contributed by atoms with Crippen LogP contribution in [0.1, 0.15) is 12.5 Å². The third-order valence-electron chi connectivity index (χ3n) is 3.35. The number of pyridine rings is 1. The van der Waals surface area contributed by atoms with Crippen molar-refractivity contribution in [2.45, 2.75) is 13.8 Å². The van der Waals surface area contributed by atoms with Gasteiger partial charge in [-0.1, -0.05) is 6.07 Å². The molecule has 0 unspecified atom stereocenters. The lowest BCUT2D eigenvalue weighted by Gasteiger charge is -2.03. The summed E-state index contributed by atoms with van der Waals surface area (Å²) in [7, 11) is 0. The fraction of sp³-hybridized carbons (Fsp3) is 0.188. The van der Waals surface area contributed by atoms with Crippen molar-refractivity contribution in [1.82, 2.24) is 9.38 Å². The summed E-state index contributed by atoms with van der Waals surface area (Å²) in [6.45, 7) is 4.51. The first kappa shape index (κ1) is 13.3. The Labute approximate surface area is 122 Å². The van der Waals surface area contributed by atoms with Gasteiger partial charge in [-0.2, -0.15) is 0 Å². The highest BCUT2D eigenvalue weighted by molar-refractivity contribution is 5.75. The molecule has 3 aromatic rings. The summed E-state index contributed by atoms with van der Waals surface area (Å²) < 4.78 is 7.14. The minimum Gasteiger partial charge on any atom is -0.494 e. The molecule has 0 spiro atoms. The van der Waals surface area contributed by atoms with E-state index in [1.807, 2.05) is 50.2 Å². The highest BCUT2D eigenvalue weighted by Gasteiger charge is 2.15. The fourth-order valence-electron chi connectivity index (χ4n) is 2.35. The molecule has 0 amide bonds.